The van der Waals surface area contributed by atoms with E-state index in [-0.39, 0.29) is 32.0 Å². The number of carbonyl (C=O) groups is 2. The number of nitrogens with zero attached hydrogens (tertiary/aromatic N) is 1. The van der Waals surface area contributed by atoms with E-state index in [0.717, 1.165) is 103 Å². The Bertz CT molecular complexity index is 1870. The molecule has 0 fully saturated rings. The monoisotopic (exact) mass is 1220 g/mol. The molecule has 0 rings (SSSR count). The number of rotatable bonds is 64. The van der Waals surface area contributed by atoms with Crippen molar-refractivity contribution in [3.8, 4) is 0 Å². The van der Waals surface area contributed by atoms with Crippen molar-refractivity contribution in [1.82, 2.24) is 0 Å². The number of hydrogen-bond acceptors (Lipinski definition) is 8. The third-order valence-corrected chi connectivity index (χ3v) is 15.9. The second kappa shape index (κ2) is 65.8. The van der Waals surface area contributed by atoms with Crippen molar-refractivity contribution in [3.05, 3.63) is 122 Å². The van der Waals surface area contributed by atoms with Crippen molar-refractivity contribution >= 4 is 19.8 Å². The lowest BCUT2D eigenvalue weighted by Crippen LogP contribution is -2.37. The summed E-state index contributed by atoms with van der Waals surface area (Å²) in [4.78, 5) is 38.1. The number of unbranched alkanes of at least 4 members (excludes halogenated alkanes) is 30. The summed E-state index contributed by atoms with van der Waals surface area (Å²) in [6.07, 6.45) is 94.3. The number of carbonyl (C=O) groups excluding carboxylic acids is 2. The molecular weight excluding hydrogens is 1090 g/mol. The van der Waals surface area contributed by atoms with Crippen LogP contribution in [0.1, 0.15) is 296 Å². The van der Waals surface area contributed by atoms with Crippen LogP contribution in [0.25, 0.3) is 0 Å². The number of likely N-dealkylation sites (N-methyl/N-ethyl adjacent to an activating group) is 1. The molecular formula is C76H132NO8P. The van der Waals surface area contributed by atoms with Gasteiger partial charge in [0.1, 0.15) is 19.8 Å². The Morgan fingerprint density at radius 1 is 0.372 bits per heavy atom. The molecule has 0 saturated heterocycles. The van der Waals surface area contributed by atoms with Crippen molar-refractivity contribution in [2.75, 3.05) is 47.5 Å². The zero-order chi connectivity index (χ0) is 62.6. The summed E-state index contributed by atoms with van der Waals surface area (Å²) < 4.78 is 34.3. The zero-order valence-corrected chi connectivity index (χ0v) is 57.1. The second-order valence-electron chi connectivity index (χ2n) is 24.5. The highest BCUT2D eigenvalue weighted by Crippen LogP contribution is 2.38. The Labute approximate surface area is 530 Å². The first kappa shape index (κ1) is 82.4. The lowest BCUT2D eigenvalue weighted by molar-refractivity contribution is -0.870. The molecule has 0 bridgehead atoms. The molecule has 0 radical (unpaired) electrons. The van der Waals surface area contributed by atoms with Gasteiger partial charge < -0.3 is 27.9 Å². The van der Waals surface area contributed by atoms with Crippen molar-refractivity contribution in [3.63, 3.8) is 0 Å². The normalized spacial score (nSPS) is 13.9. The van der Waals surface area contributed by atoms with E-state index in [1.54, 1.807) is 0 Å². The number of hydrogen-bond donors (Lipinski definition) is 0. The fraction of sp³-hybridized carbons (Fsp3) is 0.711. The average Bonchev–Trinajstić information content (AvgIpc) is 3.67. The van der Waals surface area contributed by atoms with Gasteiger partial charge in [0.25, 0.3) is 7.82 Å². The molecule has 0 N–H and O–H groups in total. The summed E-state index contributed by atoms with van der Waals surface area (Å²) in [5.74, 6) is -0.861. The van der Waals surface area contributed by atoms with E-state index >= 15 is 0 Å². The Kier molecular flexibility index (Phi) is 63.1. The lowest BCUT2D eigenvalue weighted by atomic mass is 10.0. The first-order valence-corrected chi connectivity index (χ1v) is 36.7. The molecule has 0 spiro atoms. The van der Waals surface area contributed by atoms with Gasteiger partial charge in [0.2, 0.25) is 0 Å². The van der Waals surface area contributed by atoms with Crippen molar-refractivity contribution in [1.29, 1.82) is 0 Å². The number of phosphoric acid groups is 1. The third kappa shape index (κ3) is 69.5. The maximum Gasteiger partial charge on any atom is 0.306 e. The molecule has 0 heterocycles. The molecule has 0 aliphatic carbocycles. The number of quaternary nitrogens is 1. The third-order valence-electron chi connectivity index (χ3n) is 15.0. The largest absolute Gasteiger partial charge is 0.756 e. The number of ether oxygens (including phenoxy) is 2. The summed E-state index contributed by atoms with van der Waals surface area (Å²) in [5.41, 5.74) is 0. The summed E-state index contributed by atoms with van der Waals surface area (Å²) >= 11 is 0. The molecule has 0 aromatic heterocycles. The first-order valence-electron chi connectivity index (χ1n) is 35.2. The fourth-order valence-electron chi connectivity index (χ4n) is 9.59. The average molecular weight is 1220 g/mol. The standard InChI is InChI=1S/C76H132NO8P/c1-6-8-10-12-14-16-18-20-22-24-26-28-30-32-34-36-37-38-39-41-42-44-46-48-50-52-54-56-58-60-62-64-66-68-75(78)82-72-74(73-84-86(80,81)83-71-70-77(3,4)5)85-76(79)69-67-65-63-61-59-57-55-53-51-49-47-45-43-40-35-33-31-29-27-25-23-21-19-17-15-13-11-9-7-2/h9,11,15,17-18,20-21,23-24,26-27,29,33,35,43,45,49,51,55,57,74H,6-8,10,12-14,16,19,22,25,28,30-32,34,36-42,44,46-48,50,52-54,56,58-73H2,1-5H3/b11-9-,17-15-,20-18-,23-21-,26-24-,29-27-,35-33-,45-43-,51-49-,57-55-. The quantitative estimate of drug-likeness (QED) is 0.0195. The maximum atomic E-state index is 12.9. The number of phosphoric ester groups is 1. The molecule has 0 amide bonds. The molecule has 0 saturated carbocycles. The summed E-state index contributed by atoms with van der Waals surface area (Å²) in [7, 11) is 1.14. The molecule has 0 aliphatic rings. The molecule has 10 heteroatoms. The molecule has 0 aromatic carbocycles. The van der Waals surface area contributed by atoms with Gasteiger partial charge in [-0.25, -0.2) is 0 Å². The van der Waals surface area contributed by atoms with E-state index in [1.807, 2.05) is 21.1 Å². The van der Waals surface area contributed by atoms with Crippen LogP contribution in [0, 0.1) is 0 Å². The van der Waals surface area contributed by atoms with E-state index in [0.29, 0.717) is 17.4 Å². The van der Waals surface area contributed by atoms with Crippen LogP contribution in [0.3, 0.4) is 0 Å². The summed E-state index contributed by atoms with van der Waals surface area (Å²) in [5, 5.41) is 0. The van der Waals surface area contributed by atoms with E-state index in [9.17, 15) is 19.0 Å². The van der Waals surface area contributed by atoms with Gasteiger partial charge in [-0.1, -0.05) is 296 Å². The second-order valence-corrected chi connectivity index (χ2v) is 25.9. The lowest BCUT2D eigenvalue weighted by Gasteiger charge is -2.28. The Balaban J connectivity index is 4.10. The van der Waals surface area contributed by atoms with Crippen LogP contribution >= 0.6 is 7.82 Å². The van der Waals surface area contributed by atoms with Crippen molar-refractivity contribution in [2.45, 2.75) is 302 Å². The van der Waals surface area contributed by atoms with Gasteiger partial charge in [0.15, 0.2) is 6.10 Å². The smallest absolute Gasteiger partial charge is 0.306 e. The minimum Gasteiger partial charge on any atom is -0.756 e. The van der Waals surface area contributed by atoms with Gasteiger partial charge in [-0.05, 0) is 109 Å². The van der Waals surface area contributed by atoms with Crippen LogP contribution < -0.4 is 4.89 Å². The Morgan fingerprint density at radius 2 is 0.663 bits per heavy atom. The molecule has 86 heavy (non-hydrogen) atoms. The van der Waals surface area contributed by atoms with Crippen LogP contribution in [0.4, 0.5) is 0 Å². The fourth-order valence-corrected chi connectivity index (χ4v) is 10.3. The molecule has 0 aliphatic heterocycles. The molecule has 0 aromatic rings. The van der Waals surface area contributed by atoms with Crippen LogP contribution in [-0.2, 0) is 32.7 Å². The first-order chi connectivity index (χ1) is 42.0. The van der Waals surface area contributed by atoms with Gasteiger partial charge >= 0.3 is 11.9 Å². The minimum absolute atomic E-state index is 0.0413. The van der Waals surface area contributed by atoms with Crippen molar-refractivity contribution in [2.24, 2.45) is 0 Å². The van der Waals surface area contributed by atoms with Gasteiger partial charge in [0, 0.05) is 12.8 Å². The summed E-state index contributed by atoms with van der Waals surface area (Å²) in [6, 6.07) is 0. The summed E-state index contributed by atoms with van der Waals surface area (Å²) in [6.45, 7) is 4.10. The van der Waals surface area contributed by atoms with Gasteiger partial charge in [0.05, 0.1) is 27.7 Å². The minimum atomic E-state index is -4.66. The van der Waals surface area contributed by atoms with E-state index in [4.69, 9.17) is 18.5 Å². The highest BCUT2D eigenvalue weighted by atomic mass is 31.2. The van der Waals surface area contributed by atoms with E-state index in [2.05, 4.69) is 135 Å². The predicted octanol–water partition coefficient (Wildman–Crippen LogP) is 22.4. The van der Waals surface area contributed by atoms with Crippen molar-refractivity contribution < 1.29 is 42.1 Å². The number of allylic oxidation sites excluding steroid dienone is 20. The van der Waals surface area contributed by atoms with E-state index < -0.39 is 26.5 Å². The van der Waals surface area contributed by atoms with Crippen LogP contribution in [-0.4, -0.2) is 70.0 Å². The highest BCUT2D eigenvalue weighted by Gasteiger charge is 2.22. The van der Waals surface area contributed by atoms with E-state index in [1.165, 1.54) is 161 Å². The molecule has 494 valence electrons. The molecule has 2 unspecified atom stereocenters. The Hall–Kier alpha value is -3.59. The topological polar surface area (TPSA) is 111 Å². The number of esters is 2. The highest BCUT2D eigenvalue weighted by molar-refractivity contribution is 7.45. The SMILES string of the molecule is CC/C=C\C/C=C\C/C=C\C/C=C\C/C=C\C/C=C\C/C=C\C/C=C\CCCCCCC(=O)OC(COC(=O)CCCCCCCCCCCCCCCCCCCCCCC/C=C\C/C=C\CCCCCCC)COP(=O)([O-])OCC[N+](C)(C)C. The van der Waals surface area contributed by atoms with Gasteiger partial charge in [-0.3, -0.25) is 14.2 Å². The molecule has 2 atom stereocenters. The van der Waals surface area contributed by atoms with Gasteiger partial charge in [-0.2, -0.15) is 0 Å². The zero-order valence-electron chi connectivity index (χ0n) is 56.2. The maximum absolute atomic E-state index is 12.9. The Morgan fingerprint density at radius 3 is 0.988 bits per heavy atom. The predicted molar refractivity (Wildman–Crippen MR) is 369 cm³/mol. The van der Waals surface area contributed by atoms with Crippen LogP contribution in [0.15, 0.2) is 122 Å². The molecule has 9 nitrogen and oxygen atoms in total. The van der Waals surface area contributed by atoms with Crippen LogP contribution in [0.5, 0.6) is 0 Å². The van der Waals surface area contributed by atoms with Gasteiger partial charge in [-0.15, -0.1) is 0 Å². The van der Waals surface area contributed by atoms with Crippen LogP contribution in [0.2, 0.25) is 0 Å².